The zero-order valence-electron chi connectivity index (χ0n) is 17.0. The zero-order valence-corrected chi connectivity index (χ0v) is 17.8. The molecule has 1 N–H and O–H groups in total. The molecule has 158 valence electrons. The van der Waals surface area contributed by atoms with Gasteiger partial charge in [0.1, 0.15) is 11.9 Å². The Labute approximate surface area is 181 Å². The molecule has 3 aromatic rings. The number of aromatic nitrogens is 1. The molecule has 1 atom stereocenters. The van der Waals surface area contributed by atoms with Gasteiger partial charge in [-0.15, -0.1) is 0 Å². The summed E-state index contributed by atoms with van der Waals surface area (Å²) in [6, 6.07) is 16.5. The Morgan fingerprint density at radius 1 is 1.16 bits per heavy atom. The number of nitrogens with zero attached hydrogens (tertiary/aromatic N) is 1. The van der Waals surface area contributed by atoms with E-state index in [-0.39, 0.29) is 12.0 Å². The van der Waals surface area contributed by atoms with Crippen molar-refractivity contribution in [3.63, 3.8) is 0 Å². The molecule has 7 heteroatoms. The van der Waals surface area contributed by atoms with Gasteiger partial charge < -0.3 is 10.1 Å². The highest BCUT2D eigenvalue weighted by Gasteiger charge is 2.23. The minimum absolute atomic E-state index is 0.131. The lowest BCUT2D eigenvalue weighted by molar-refractivity contribution is -0.116. The average Bonchev–Trinajstić information content (AvgIpc) is 3.19. The van der Waals surface area contributed by atoms with Gasteiger partial charge in [-0.2, -0.15) is 0 Å². The molecule has 0 aliphatic carbocycles. The Morgan fingerprint density at radius 2 is 1.94 bits per heavy atom. The number of carbonyl (C=O) groups is 1. The number of fused-ring (bicyclic) bond motifs is 1. The summed E-state index contributed by atoms with van der Waals surface area (Å²) < 4.78 is 29.2. The summed E-state index contributed by atoms with van der Waals surface area (Å²) in [5, 5.41) is 2.87. The molecule has 1 aliphatic heterocycles. The number of hydrogen-bond donors (Lipinski definition) is 1. The molecule has 0 radical (unpaired) electrons. The summed E-state index contributed by atoms with van der Waals surface area (Å²) in [5.74, 6) is 0.622. The molecule has 0 saturated heterocycles. The summed E-state index contributed by atoms with van der Waals surface area (Å²) >= 11 is 0. The molecule has 1 amide bonds. The molecule has 31 heavy (non-hydrogen) atoms. The minimum atomic E-state index is -3.21. The second-order valence-corrected chi connectivity index (χ2v) is 9.44. The largest absolute Gasteiger partial charge is 0.488 e. The normalized spacial score (nSPS) is 15.5. The topological polar surface area (TPSA) is 85.4 Å². The maximum absolute atomic E-state index is 12.1. The third-order valence-corrected chi connectivity index (χ3v) is 6.16. The summed E-state index contributed by atoms with van der Waals surface area (Å²) in [6.07, 6.45) is 8.33. The van der Waals surface area contributed by atoms with E-state index < -0.39 is 9.84 Å². The summed E-state index contributed by atoms with van der Waals surface area (Å²) in [5.41, 5.74) is 3.85. The van der Waals surface area contributed by atoms with E-state index in [1.54, 1.807) is 42.7 Å². The smallest absolute Gasteiger partial charge is 0.244 e. The molecule has 1 aliphatic rings. The molecular weight excluding hydrogens is 412 g/mol. The molecule has 2 heterocycles. The van der Waals surface area contributed by atoms with Crippen molar-refractivity contribution in [2.75, 3.05) is 12.8 Å². The number of amides is 1. The van der Waals surface area contributed by atoms with Gasteiger partial charge in [-0.05, 0) is 58.7 Å². The quantitative estimate of drug-likeness (QED) is 0.602. The first-order valence-corrected chi connectivity index (χ1v) is 11.7. The van der Waals surface area contributed by atoms with Crippen LogP contribution < -0.4 is 10.1 Å². The molecule has 0 fully saturated rings. The molecule has 0 bridgehead atoms. The van der Waals surface area contributed by atoms with Gasteiger partial charge in [0.2, 0.25) is 5.91 Å². The van der Waals surface area contributed by atoms with Crippen LogP contribution >= 0.6 is 0 Å². The van der Waals surface area contributed by atoms with Crippen LogP contribution in [0.25, 0.3) is 17.2 Å². The Morgan fingerprint density at radius 3 is 2.65 bits per heavy atom. The van der Waals surface area contributed by atoms with E-state index in [2.05, 4.69) is 16.4 Å². The van der Waals surface area contributed by atoms with Gasteiger partial charge in [0.05, 0.1) is 11.4 Å². The number of ether oxygens (including phenoxy) is 1. The number of carbonyl (C=O) groups excluding carboxylic acids is 1. The SMILES string of the molecule is CS(=O)(=O)c1ccc(-c2ccc3c(c2)CC(CNC(=O)/C=C/c2cccnc2)O3)cc1. The van der Waals surface area contributed by atoms with E-state index >= 15 is 0 Å². The fourth-order valence-corrected chi connectivity index (χ4v) is 4.06. The lowest BCUT2D eigenvalue weighted by Crippen LogP contribution is -2.33. The third kappa shape index (κ3) is 5.19. The number of hydrogen-bond acceptors (Lipinski definition) is 5. The molecule has 0 saturated carbocycles. The Kier molecular flexibility index (Phi) is 5.86. The maximum Gasteiger partial charge on any atom is 0.244 e. The first kappa shape index (κ1) is 20.8. The molecular formula is C24H22N2O4S. The number of sulfone groups is 1. The van der Waals surface area contributed by atoms with Gasteiger partial charge in [-0.1, -0.05) is 24.3 Å². The minimum Gasteiger partial charge on any atom is -0.488 e. The van der Waals surface area contributed by atoms with Crippen LogP contribution in [0.4, 0.5) is 0 Å². The van der Waals surface area contributed by atoms with Crippen molar-refractivity contribution in [1.29, 1.82) is 0 Å². The number of benzene rings is 2. The molecule has 1 aromatic heterocycles. The van der Waals surface area contributed by atoms with Crippen LogP contribution in [0.5, 0.6) is 5.75 Å². The van der Waals surface area contributed by atoms with Crippen LogP contribution in [0.3, 0.4) is 0 Å². The maximum atomic E-state index is 12.1. The first-order valence-electron chi connectivity index (χ1n) is 9.84. The Hall–Kier alpha value is -3.45. The van der Waals surface area contributed by atoms with Gasteiger partial charge >= 0.3 is 0 Å². The number of rotatable bonds is 6. The van der Waals surface area contributed by atoms with Crippen molar-refractivity contribution in [2.24, 2.45) is 0 Å². The molecule has 6 nitrogen and oxygen atoms in total. The number of pyridine rings is 1. The zero-order chi connectivity index (χ0) is 21.8. The van der Waals surface area contributed by atoms with E-state index in [9.17, 15) is 13.2 Å². The first-order chi connectivity index (χ1) is 14.9. The van der Waals surface area contributed by atoms with Gasteiger partial charge in [-0.25, -0.2) is 8.42 Å². The fourth-order valence-electron chi connectivity index (χ4n) is 3.43. The van der Waals surface area contributed by atoms with Crippen molar-refractivity contribution in [3.8, 4) is 16.9 Å². The molecule has 1 unspecified atom stereocenters. The van der Waals surface area contributed by atoms with Crippen LogP contribution in [-0.2, 0) is 21.1 Å². The fraction of sp³-hybridized carbons (Fsp3) is 0.167. The standard InChI is InChI=1S/C24H22N2O4S/c1-31(28,29)22-8-5-18(6-9-22)19-7-10-23-20(13-19)14-21(30-23)16-26-24(27)11-4-17-3-2-12-25-15-17/h2-13,15,21H,14,16H2,1H3,(H,26,27)/b11-4+. The van der Waals surface area contributed by atoms with Crippen molar-refractivity contribution in [1.82, 2.24) is 10.3 Å². The molecule has 4 rings (SSSR count). The van der Waals surface area contributed by atoms with Crippen LogP contribution in [0, 0.1) is 0 Å². The van der Waals surface area contributed by atoms with Crippen LogP contribution in [0.2, 0.25) is 0 Å². The van der Waals surface area contributed by atoms with Gasteiger partial charge in [0.25, 0.3) is 0 Å². The van der Waals surface area contributed by atoms with E-state index in [1.807, 2.05) is 24.3 Å². The highest BCUT2D eigenvalue weighted by atomic mass is 32.2. The lowest BCUT2D eigenvalue weighted by atomic mass is 10.0. The van der Waals surface area contributed by atoms with Gasteiger partial charge in [0, 0.05) is 31.1 Å². The van der Waals surface area contributed by atoms with Crippen molar-refractivity contribution in [3.05, 3.63) is 84.2 Å². The van der Waals surface area contributed by atoms with E-state index in [1.165, 1.54) is 12.3 Å². The van der Waals surface area contributed by atoms with Crippen molar-refractivity contribution >= 4 is 21.8 Å². The molecule has 0 spiro atoms. The van der Waals surface area contributed by atoms with Gasteiger partial charge in [0.15, 0.2) is 9.84 Å². The van der Waals surface area contributed by atoms with E-state index in [0.717, 1.165) is 28.0 Å². The van der Waals surface area contributed by atoms with Crippen LogP contribution in [-0.4, -0.2) is 38.2 Å². The lowest BCUT2D eigenvalue weighted by Gasteiger charge is -2.10. The van der Waals surface area contributed by atoms with E-state index in [0.29, 0.717) is 17.9 Å². The van der Waals surface area contributed by atoms with Crippen molar-refractivity contribution in [2.45, 2.75) is 17.4 Å². The van der Waals surface area contributed by atoms with Crippen LogP contribution in [0.15, 0.2) is 78.0 Å². The predicted molar refractivity (Wildman–Crippen MR) is 119 cm³/mol. The third-order valence-electron chi connectivity index (χ3n) is 5.03. The Bertz CT molecular complexity index is 1220. The van der Waals surface area contributed by atoms with E-state index in [4.69, 9.17) is 4.74 Å². The summed E-state index contributed by atoms with van der Waals surface area (Å²) in [7, 11) is -3.21. The second kappa shape index (κ2) is 8.73. The highest BCUT2D eigenvalue weighted by Crippen LogP contribution is 2.33. The second-order valence-electron chi connectivity index (χ2n) is 7.43. The van der Waals surface area contributed by atoms with Crippen molar-refractivity contribution < 1.29 is 17.9 Å². The summed E-state index contributed by atoms with van der Waals surface area (Å²) in [4.78, 5) is 16.4. The highest BCUT2D eigenvalue weighted by molar-refractivity contribution is 7.90. The van der Waals surface area contributed by atoms with Gasteiger partial charge in [-0.3, -0.25) is 9.78 Å². The molecule has 2 aromatic carbocycles. The summed E-state index contributed by atoms with van der Waals surface area (Å²) in [6.45, 7) is 0.406. The average molecular weight is 435 g/mol. The predicted octanol–water partition coefficient (Wildman–Crippen LogP) is 3.29. The monoisotopic (exact) mass is 434 g/mol. The Balaban J connectivity index is 1.36. The van der Waals surface area contributed by atoms with Crippen LogP contribution in [0.1, 0.15) is 11.1 Å². The number of nitrogens with one attached hydrogen (secondary N) is 1.